The Morgan fingerprint density at radius 2 is 1.54 bits per heavy atom. The first-order chi connectivity index (χ1) is 6.20. The molecule has 0 amide bonds. The second-order valence-electron chi connectivity index (χ2n) is 3.71. The van der Waals surface area contributed by atoms with Gasteiger partial charge in [0.25, 0.3) is 0 Å². The van der Waals surface area contributed by atoms with Gasteiger partial charge in [-0.1, -0.05) is 6.92 Å². The van der Waals surface area contributed by atoms with Crippen LogP contribution in [0.4, 0.5) is 0 Å². The molecule has 0 atom stereocenters. The van der Waals surface area contributed by atoms with Gasteiger partial charge in [-0.2, -0.15) is 0 Å². The van der Waals surface area contributed by atoms with Gasteiger partial charge in [-0.05, 0) is 39.1 Å². The van der Waals surface area contributed by atoms with E-state index < -0.39 is 0 Å². The summed E-state index contributed by atoms with van der Waals surface area (Å²) in [4.78, 5) is 4.75. The van der Waals surface area contributed by atoms with Crippen LogP contribution in [-0.4, -0.2) is 66.3 Å². The van der Waals surface area contributed by atoms with Gasteiger partial charge in [0.15, 0.2) is 23.9 Å². The largest absolute Gasteiger partial charge is 0.361 e. The Balaban J connectivity index is 3.29. The molecule has 0 unspecified atom stereocenters. The average molecular weight is 181 g/mol. The van der Waals surface area contributed by atoms with Gasteiger partial charge in [-0.15, -0.1) is 0 Å². The van der Waals surface area contributed by atoms with E-state index in [0.29, 0.717) is 0 Å². The van der Waals surface area contributed by atoms with Crippen molar-refractivity contribution < 1.29 is 0 Å². The van der Waals surface area contributed by atoms with Crippen molar-refractivity contribution in [3.05, 3.63) is 0 Å². The highest BCUT2D eigenvalue weighted by Gasteiger charge is 1.99. The summed E-state index contributed by atoms with van der Waals surface area (Å²) in [6, 6.07) is 0. The van der Waals surface area contributed by atoms with Gasteiger partial charge >= 0.3 is 0 Å². The molecule has 74 valence electrons. The number of rotatable bonds is 8. The fourth-order valence-corrected chi connectivity index (χ4v) is 1.25. The third-order valence-electron chi connectivity index (χ3n) is 2.21. The molecule has 0 aliphatic rings. The second kappa shape index (κ2) is 8.66. The number of hydrogen-bond acceptors (Lipinski definition) is 3. The normalized spacial score (nSPS) is 11.3. The fourth-order valence-electron chi connectivity index (χ4n) is 1.25. The summed E-state index contributed by atoms with van der Waals surface area (Å²) in [5.41, 5.74) is 0. The van der Waals surface area contributed by atoms with Gasteiger partial charge in [-0.25, -0.2) is 0 Å². The first kappa shape index (κ1) is 13.1. The predicted octanol–water partition coefficient (Wildman–Crippen LogP) is -2.77. The van der Waals surface area contributed by atoms with Gasteiger partial charge < -0.3 is 14.8 Å². The van der Waals surface area contributed by atoms with Crippen molar-refractivity contribution in [2.24, 2.45) is 0 Å². The Bertz CT molecular complexity index is 115. The molecule has 6 heteroatoms. The lowest BCUT2D eigenvalue weighted by Gasteiger charge is -2.22. The van der Waals surface area contributed by atoms with Crippen LogP contribution in [0, 0.1) is 0 Å². The van der Waals surface area contributed by atoms with E-state index in [1.54, 1.807) is 0 Å². The second-order valence-corrected chi connectivity index (χ2v) is 3.71. The van der Waals surface area contributed by atoms with E-state index in [1.165, 1.54) is 19.5 Å². The van der Waals surface area contributed by atoms with Crippen molar-refractivity contribution in [3.63, 3.8) is 0 Å². The highest BCUT2D eigenvalue weighted by molar-refractivity contribution is 6.05. The maximum Gasteiger partial charge on any atom is 0.185 e. The molecule has 0 aromatic carbocycles. The van der Waals surface area contributed by atoms with Crippen LogP contribution in [0.25, 0.3) is 0 Å². The molecular formula is C7H22B3N3. The van der Waals surface area contributed by atoms with E-state index in [0.717, 1.165) is 19.6 Å². The molecule has 0 saturated carbocycles. The van der Waals surface area contributed by atoms with Crippen molar-refractivity contribution in [2.45, 2.75) is 13.3 Å². The van der Waals surface area contributed by atoms with Crippen LogP contribution >= 0.6 is 0 Å². The van der Waals surface area contributed by atoms with Crippen molar-refractivity contribution >= 4 is 23.9 Å². The van der Waals surface area contributed by atoms with Crippen LogP contribution in [-0.2, 0) is 0 Å². The summed E-state index contributed by atoms with van der Waals surface area (Å²) < 4.78 is 0. The average Bonchev–Trinajstić information content (AvgIpc) is 2.12. The lowest BCUT2D eigenvalue weighted by molar-refractivity contribution is 0.373. The molecule has 0 spiro atoms. The molecule has 0 aliphatic heterocycles. The molecule has 0 heterocycles. The monoisotopic (exact) mass is 181 g/mol. The van der Waals surface area contributed by atoms with Crippen LogP contribution < -0.4 is 5.23 Å². The zero-order chi connectivity index (χ0) is 10.1. The molecule has 0 fully saturated rings. The zero-order valence-electron chi connectivity index (χ0n) is 9.64. The molecule has 0 bridgehead atoms. The molecule has 13 heavy (non-hydrogen) atoms. The summed E-state index contributed by atoms with van der Waals surface area (Å²) >= 11 is 0. The minimum absolute atomic E-state index is 1.08. The Morgan fingerprint density at radius 3 is 2.00 bits per heavy atom. The van der Waals surface area contributed by atoms with Gasteiger partial charge in [0.2, 0.25) is 0 Å². The highest BCUT2D eigenvalue weighted by atomic mass is 15.1. The van der Waals surface area contributed by atoms with Gasteiger partial charge in [0, 0.05) is 0 Å². The highest BCUT2D eigenvalue weighted by Crippen LogP contribution is 1.86. The molecule has 0 rings (SSSR count). The van der Waals surface area contributed by atoms with Crippen LogP contribution in [0.3, 0.4) is 0 Å². The van der Waals surface area contributed by atoms with E-state index in [2.05, 4.69) is 37.7 Å². The Kier molecular flexibility index (Phi) is 8.71. The Hall–Kier alpha value is 0.0748. The summed E-state index contributed by atoms with van der Waals surface area (Å²) in [6.45, 7) is 7.98. The van der Waals surface area contributed by atoms with Crippen molar-refractivity contribution in [1.82, 2.24) is 14.8 Å². The zero-order valence-corrected chi connectivity index (χ0v) is 9.64. The van der Waals surface area contributed by atoms with E-state index in [9.17, 15) is 0 Å². The number of hydrogen-bond donors (Lipinski definition) is 1. The molecule has 0 aromatic heterocycles. The smallest absolute Gasteiger partial charge is 0.185 e. The molecule has 0 aromatic rings. The lowest BCUT2D eigenvalue weighted by Crippen LogP contribution is -2.36. The third kappa shape index (κ3) is 8.41. The summed E-state index contributed by atoms with van der Waals surface area (Å²) in [5.74, 6) is 0. The summed E-state index contributed by atoms with van der Waals surface area (Å²) in [5, 5.41) is 3.16. The minimum Gasteiger partial charge on any atom is -0.361 e. The fraction of sp³-hybridized carbons (Fsp3) is 1.00. The van der Waals surface area contributed by atoms with Crippen LogP contribution in [0.1, 0.15) is 13.3 Å². The molecule has 3 nitrogen and oxygen atoms in total. The van der Waals surface area contributed by atoms with Gasteiger partial charge in [-0.3, -0.25) is 0 Å². The van der Waals surface area contributed by atoms with E-state index in [-0.39, 0.29) is 0 Å². The van der Waals surface area contributed by atoms with Crippen LogP contribution in [0.2, 0.25) is 0 Å². The molecule has 1 N–H and O–H groups in total. The Morgan fingerprint density at radius 1 is 1.00 bits per heavy atom. The maximum absolute atomic E-state index is 3.16. The lowest BCUT2D eigenvalue weighted by atomic mass is 10.2. The van der Waals surface area contributed by atoms with Crippen molar-refractivity contribution in [2.75, 3.05) is 32.7 Å². The first-order valence-electron chi connectivity index (χ1n) is 5.22. The van der Waals surface area contributed by atoms with E-state index in [4.69, 9.17) is 0 Å². The topological polar surface area (TPSA) is 18.5 Å². The quantitative estimate of drug-likeness (QED) is 0.409. The number of nitrogens with one attached hydrogen (secondary N) is 1. The molecule has 0 aliphatic carbocycles. The van der Waals surface area contributed by atoms with Gasteiger partial charge in [0.05, 0.1) is 0 Å². The molecule has 0 saturated heterocycles. The molecule has 0 radical (unpaired) electrons. The minimum atomic E-state index is 1.08. The first-order valence-corrected chi connectivity index (χ1v) is 5.22. The molecular weight excluding hydrogens is 159 g/mol. The van der Waals surface area contributed by atoms with Crippen LogP contribution in [0.15, 0.2) is 0 Å². The summed E-state index contributed by atoms with van der Waals surface area (Å²) in [6.07, 6.45) is 1.25. The van der Waals surface area contributed by atoms with Crippen molar-refractivity contribution in [1.29, 1.82) is 0 Å². The Labute approximate surface area is 85.5 Å². The van der Waals surface area contributed by atoms with Gasteiger partial charge in [0.1, 0.15) is 0 Å². The maximum atomic E-state index is 3.16. The van der Waals surface area contributed by atoms with Crippen molar-refractivity contribution in [3.8, 4) is 0 Å². The predicted molar refractivity (Wildman–Crippen MR) is 67.1 cm³/mol. The SMILES string of the molecule is BNCCN(B)CCN(B)CCC. The summed E-state index contributed by atoms with van der Waals surface area (Å²) in [7, 11) is 6.36. The van der Waals surface area contributed by atoms with E-state index in [1.807, 2.05) is 7.98 Å². The van der Waals surface area contributed by atoms with E-state index >= 15 is 0 Å². The van der Waals surface area contributed by atoms with Crippen LogP contribution in [0.5, 0.6) is 0 Å². The number of nitrogens with zero attached hydrogens (tertiary/aromatic N) is 2. The third-order valence-corrected chi connectivity index (χ3v) is 2.21. The standard InChI is InChI=1S/C7H22B3N3/c1-2-4-12(9)6-7-13(10)5-3-11-8/h11H,2-10H2,1H3.